The average molecular weight is 302 g/mol. The van der Waals surface area contributed by atoms with Crippen LogP contribution in [0.1, 0.15) is 31.2 Å². The lowest BCUT2D eigenvalue weighted by Crippen LogP contribution is -2.36. The van der Waals surface area contributed by atoms with Gasteiger partial charge >= 0.3 is 6.09 Å². The molecule has 2 fully saturated rings. The molecule has 0 saturated carbocycles. The Labute approximate surface area is 132 Å². The number of cyclic esters (lactones) is 1. The van der Waals surface area contributed by atoms with Crippen molar-refractivity contribution >= 4 is 6.09 Å². The van der Waals surface area contributed by atoms with Gasteiger partial charge in [0.2, 0.25) is 0 Å². The fourth-order valence-corrected chi connectivity index (χ4v) is 3.54. The Morgan fingerprint density at radius 1 is 1.18 bits per heavy atom. The molecule has 0 bridgehead atoms. The van der Waals surface area contributed by atoms with Crippen LogP contribution in [0.5, 0.6) is 0 Å². The third-order valence-corrected chi connectivity index (χ3v) is 4.86. The summed E-state index contributed by atoms with van der Waals surface area (Å²) in [4.78, 5) is 13.9. The van der Waals surface area contributed by atoms with E-state index in [1.165, 1.54) is 24.8 Å². The van der Waals surface area contributed by atoms with Gasteiger partial charge in [0.1, 0.15) is 6.61 Å². The molecule has 4 heteroatoms. The average Bonchev–Trinajstić information content (AvgIpc) is 2.90. The lowest BCUT2D eigenvalue weighted by molar-refractivity contribution is 0.156. The fourth-order valence-electron chi connectivity index (χ4n) is 3.54. The molecule has 1 N–H and O–H groups in total. The van der Waals surface area contributed by atoms with E-state index in [9.17, 15) is 4.79 Å². The predicted octanol–water partition coefficient (Wildman–Crippen LogP) is 2.83. The minimum absolute atomic E-state index is 0.133. The second-order valence-electron chi connectivity index (χ2n) is 6.45. The summed E-state index contributed by atoms with van der Waals surface area (Å²) >= 11 is 0. The summed E-state index contributed by atoms with van der Waals surface area (Å²) in [5.41, 5.74) is 1.27. The molecule has 3 rings (SSSR count). The van der Waals surface area contributed by atoms with Gasteiger partial charge in [-0.3, -0.25) is 0 Å². The largest absolute Gasteiger partial charge is 0.447 e. The normalized spacial score (nSPS) is 22.8. The molecule has 0 radical (unpaired) electrons. The van der Waals surface area contributed by atoms with E-state index < -0.39 is 0 Å². The number of amides is 1. The van der Waals surface area contributed by atoms with Gasteiger partial charge < -0.3 is 15.0 Å². The predicted molar refractivity (Wildman–Crippen MR) is 86.8 cm³/mol. The second kappa shape index (κ2) is 7.63. The van der Waals surface area contributed by atoms with Gasteiger partial charge in [-0.05, 0) is 56.7 Å². The Kier molecular flexibility index (Phi) is 5.33. The van der Waals surface area contributed by atoms with Crippen LogP contribution in [-0.4, -0.2) is 43.3 Å². The second-order valence-corrected chi connectivity index (χ2v) is 6.45. The number of nitrogens with one attached hydrogen (secondary N) is 1. The smallest absolute Gasteiger partial charge is 0.410 e. The highest BCUT2D eigenvalue weighted by molar-refractivity contribution is 5.70. The van der Waals surface area contributed by atoms with E-state index in [1.807, 2.05) is 11.0 Å². The van der Waals surface area contributed by atoms with Crippen molar-refractivity contribution in [3.05, 3.63) is 35.9 Å². The third-order valence-electron chi connectivity index (χ3n) is 4.86. The molecule has 1 aromatic carbocycles. The van der Waals surface area contributed by atoms with Gasteiger partial charge in [0.05, 0.1) is 6.04 Å². The van der Waals surface area contributed by atoms with Gasteiger partial charge in [-0.15, -0.1) is 0 Å². The van der Waals surface area contributed by atoms with Crippen LogP contribution in [0.2, 0.25) is 0 Å². The summed E-state index contributed by atoms with van der Waals surface area (Å²) in [6.07, 6.45) is 5.62. The number of piperidine rings is 1. The number of carbonyl (C=O) groups is 1. The van der Waals surface area contributed by atoms with Crippen molar-refractivity contribution in [3.63, 3.8) is 0 Å². The first-order valence-electron chi connectivity index (χ1n) is 8.51. The molecule has 2 heterocycles. The molecule has 2 aliphatic rings. The first-order chi connectivity index (χ1) is 10.8. The Balaban J connectivity index is 1.48. The molecule has 0 aliphatic carbocycles. The molecule has 22 heavy (non-hydrogen) atoms. The van der Waals surface area contributed by atoms with E-state index >= 15 is 0 Å². The Hall–Kier alpha value is -1.55. The van der Waals surface area contributed by atoms with Gasteiger partial charge in [0.25, 0.3) is 0 Å². The summed E-state index contributed by atoms with van der Waals surface area (Å²) in [5.74, 6) is 0.826. The summed E-state index contributed by atoms with van der Waals surface area (Å²) in [5, 5.41) is 3.40. The minimum Gasteiger partial charge on any atom is -0.447 e. The fraction of sp³-hybridized carbons (Fsp3) is 0.611. The molecule has 120 valence electrons. The Morgan fingerprint density at radius 2 is 1.95 bits per heavy atom. The highest BCUT2D eigenvalue weighted by atomic mass is 16.6. The number of carbonyl (C=O) groups excluding carboxylic acids is 1. The third kappa shape index (κ3) is 4.01. The van der Waals surface area contributed by atoms with E-state index in [-0.39, 0.29) is 12.1 Å². The van der Waals surface area contributed by atoms with Crippen molar-refractivity contribution in [1.29, 1.82) is 0 Å². The van der Waals surface area contributed by atoms with Gasteiger partial charge in [-0.1, -0.05) is 30.3 Å². The number of hydrogen-bond acceptors (Lipinski definition) is 3. The Morgan fingerprint density at radius 3 is 2.73 bits per heavy atom. The van der Waals surface area contributed by atoms with Gasteiger partial charge in [0.15, 0.2) is 0 Å². The zero-order valence-corrected chi connectivity index (χ0v) is 13.2. The van der Waals surface area contributed by atoms with Crippen LogP contribution in [0.4, 0.5) is 4.79 Å². The lowest BCUT2D eigenvalue weighted by Gasteiger charge is -2.25. The topological polar surface area (TPSA) is 41.6 Å². The number of nitrogens with zero attached hydrogens (tertiary/aromatic N) is 1. The maximum Gasteiger partial charge on any atom is 0.410 e. The van der Waals surface area contributed by atoms with Crippen LogP contribution in [0.3, 0.4) is 0 Å². The molecule has 1 amide bonds. The summed E-state index contributed by atoms with van der Waals surface area (Å²) in [7, 11) is 0. The summed E-state index contributed by atoms with van der Waals surface area (Å²) < 4.78 is 5.27. The van der Waals surface area contributed by atoms with Crippen molar-refractivity contribution in [2.75, 3.05) is 26.2 Å². The zero-order chi connectivity index (χ0) is 15.2. The first kappa shape index (κ1) is 15.3. The number of hydrogen-bond donors (Lipinski definition) is 1. The molecule has 1 aromatic rings. The number of rotatable bonds is 6. The van der Waals surface area contributed by atoms with E-state index in [0.717, 1.165) is 38.4 Å². The Bertz CT molecular complexity index is 471. The van der Waals surface area contributed by atoms with Gasteiger partial charge in [-0.25, -0.2) is 4.79 Å². The van der Waals surface area contributed by atoms with E-state index in [0.29, 0.717) is 6.61 Å². The van der Waals surface area contributed by atoms with Crippen LogP contribution < -0.4 is 5.32 Å². The van der Waals surface area contributed by atoms with Crippen LogP contribution in [-0.2, 0) is 11.2 Å². The standard InChI is InChI=1S/C18H26N2O2/c21-18-20(12-4-7-15-8-10-19-11-9-15)17(14-22-18)13-16-5-2-1-3-6-16/h1-3,5-6,15,17,19H,4,7-14H2/t17-/m0/s1. The molecular formula is C18H26N2O2. The first-order valence-corrected chi connectivity index (χ1v) is 8.51. The molecule has 2 saturated heterocycles. The van der Waals surface area contributed by atoms with E-state index in [2.05, 4.69) is 29.6 Å². The monoisotopic (exact) mass is 302 g/mol. The van der Waals surface area contributed by atoms with Gasteiger partial charge in [0, 0.05) is 6.54 Å². The van der Waals surface area contributed by atoms with Gasteiger partial charge in [-0.2, -0.15) is 0 Å². The molecule has 0 unspecified atom stereocenters. The van der Waals surface area contributed by atoms with Crippen LogP contribution in [0.15, 0.2) is 30.3 Å². The molecule has 4 nitrogen and oxygen atoms in total. The maximum atomic E-state index is 12.0. The SMILES string of the molecule is O=C1OC[C@H](Cc2ccccc2)N1CCCC1CCNCC1. The quantitative estimate of drug-likeness (QED) is 0.878. The molecule has 2 aliphatic heterocycles. The molecule has 0 aromatic heterocycles. The van der Waals surface area contributed by atoms with E-state index in [1.54, 1.807) is 0 Å². The zero-order valence-electron chi connectivity index (χ0n) is 13.2. The molecule has 0 spiro atoms. The van der Waals surface area contributed by atoms with E-state index in [4.69, 9.17) is 4.74 Å². The number of ether oxygens (including phenoxy) is 1. The van der Waals surface area contributed by atoms with Crippen molar-refractivity contribution < 1.29 is 9.53 Å². The molecule has 1 atom stereocenters. The van der Waals surface area contributed by atoms with Crippen molar-refractivity contribution in [1.82, 2.24) is 10.2 Å². The highest BCUT2D eigenvalue weighted by Crippen LogP contribution is 2.21. The summed E-state index contributed by atoms with van der Waals surface area (Å²) in [6, 6.07) is 10.6. The minimum atomic E-state index is -0.133. The van der Waals surface area contributed by atoms with Crippen molar-refractivity contribution in [2.24, 2.45) is 5.92 Å². The molecular weight excluding hydrogens is 276 g/mol. The van der Waals surface area contributed by atoms with Crippen LogP contribution in [0, 0.1) is 5.92 Å². The lowest BCUT2D eigenvalue weighted by atomic mass is 9.93. The maximum absolute atomic E-state index is 12.0. The summed E-state index contributed by atoms with van der Waals surface area (Å²) in [6.45, 7) is 3.65. The number of benzene rings is 1. The van der Waals surface area contributed by atoms with Crippen molar-refractivity contribution in [2.45, 2.75) is 38.1 Å². The van der Waals surface area contributed by atoms with Crippen molar-refractivity contribution in [3.8, 4) is 0 Å². The van der Waals surface area contributed by atoms with Crippen LogP contribution >= 0.6 is 0 Å². The highest BCUT2D eigenvalue weighted by Gasteiger charge is 2.32. The van der Waals surface area contributed by atoms with Crippen LogP contribution in [0.25, 0.3) is 0 Å².